The van der Waals surface area contributed by atoms with Gasteiger partial charge >= 0.3 is 0 Å². The van der Waals surface area contributed by atoms with Crippen molar-refractivity contribution in [2.75, 3.05) is 5.32 Å². The van der Waals surface area contributed by atoms with E-state index in [1.807, 2.05) is 18.3 Å². The van der Waals surface area contributed by atoms with Crippen molar-refractivity contribution >= 4 is 5.69 Å². The van der Waals surface area contributed by atoms with Gasteiger partial charge < -0.3 is 5.32 Å². The highest BCUT2D eigenvalue weighted by atomic mass is 14.9. The minimum absolute atomic E-state index is 0.155. The summed E-state index contributed by atoms with van der Waals surface area (Å²) in [4.78, 5) is 4.10. The second-order valence-corrected chi connectivity index (χ2v) is 5.46. The monoisotopic (exact) mass is 239 g/mol. The Kier molecular flexibility index (Phi) is 3.66. The fourth-order valence-corrected chi connectivity index (χ4v) is 1.71. The molecule has 0 bridgehead atoms. The average Bonchev–Trinajstić information content (AvgIpc) is 2.37. The summed E-state index contributed by atoms with van der Waals surface area (Å²) >= 11 is 0. The molecule has 1 aromatic heterocycles. The first kappa shape index (κ1) is 12.6. The van der Waals surface area contributed by atoms with Gasteiger partial charge in [-0.2, -0.15) is 0 Å². The van der Waals surface area contributed by atoms with Gasteiger partial charge in [0.1, 0.15) is 0 Å². The van der Waals surface area contributed by atoms with Crippen LogP contribution in [0.25, 0.3) is 0 Å². The van der Waals surface area contributed by atoms with Crippen molar-refractivity contribution in [2.45, 2.75) is 32.7 Å². The number of benzene rings is 1. The molecular formula is C16H19N2. The van der Waals surface area contributed by atoms with E-state index in [2.05, 4.69) is 55.3 Å². The van der Waals surface area contributed by atoms with E-state index in [9.17, 15) is 0 Å². The van der Waals surface area contributed by atoms with Crippen molar-refractivity contribution in [3.8, 4) is 0 Å². The summed E-state index contributed by atoms with van der Waals surface area (Å²) in [6, 6.07) is 13.6. The molecule has 0 aliphatic rings. The molecule has 93 valence electrons. The highest BCUT2D eigenvalue weighted by Gasteiger charge is 2.12. The number of hydrogen-bond acceptors (Lipinski definition) is 2. The third-order valence-electron chi connectivity index (χ3n) is 2.84. The number of rotatable bonds is 3. The van der Waals surface area contributed by atoms with Crippen LogP contribution in [-0.2, 0) is 12.0 Å². The van der Waals surface area contributed by atoms with E-state index in [0.717, 1.165) is 12.2 Å². The molecule has 2 heteroatoms. The maximum Gasteiger partial charge on any atom is 0.0416 e. The first-order valence-corrected chi connectivity index (χ1v) is 6.21. The van der Waals surface area contributed by atoms with Crippen molar-refractivity contribution in [1.82, 2.24) is 4.98 Å². The topological polar surface area (TPSA) is 24.9 Å². The van der Waals surface area contributed by atoms with E-state index in [0.29, 0.717) is 0 Å². The van der Waals surface area contributed by atoms with E-state index < -0.39 is 0 Å². The molecule has 0 saturated heterocycles. The zero-order chi connectivity index (χ0) is 13.0. The SMILES string of the molecule is CC(C)(C)c1[c]cc(NCc2cccnc2)cc1. The Labute approximate surface area is 109 Å². The van der Waals surface area contributed by atoms with Crippen molar-refractivity contribution in [3.05, 3.63) is 59.9 Å². The zero-order valence-corrected chi connectivity index (χ0v) is 11.2. The fraction of sp³-hybridized carbons (Fsp3) is 0.312. The Morgan fingerprint density at radius 2 is 2.06 bits per heavy atom. The Balaban J connectivity index is 1.99. The van der Waals surface area contributed by atoms with Crippen LogP contribution in [0, 0.1) is 6.07 Å². The van der Waals surface area contributed by atoms with E-state index >= 15 is 0 Å². The van der Waals surface area contributed by atoms with Crippen molar-refractivity contribution in [1.29, 1.82) is 0 Å². The van der Waals surface area contributed by atoms with Crippen LogP contribution in [-0.4, -0.2) is 4.98 Å². The number of anilines is 1. The first-order valence-electron chi connectivity index (χ1n) is 6.21. The van der Waals surface area contributed by atoms with Crippen LogP contribution in [0.2, 0.25) is 0 Å². The Hall–Kier alpha value is -1.83. The van der Waals surface area contributed by atoms with Crippen LogP contribution in [0.5, 0.6) is 0 Å². The fourth-order valence-electron chi connectivity index (χ4n) is 1.71. The van der Waals surface area contributed by atoms with Crippen LogP contribution in [0.4, 0.5) is 5.69 Å². The molecule has 0 spiro atoms. The lowest BCUT2D eigenvalue weighted by atomic mass is 9.87. The second-order valence-electron chi connectivity index (χ2n) is 5.46. The van der Waals surface area contributed by atoms with Crippen LogP contribution in [0.1, 0.15) is 31.9 Å². The predicted molar refractivity (Wildman–Crippen MR) is 75.5 cm³/mol. The molecule has 2 nitrogen and oxygen atoms in total. The number of aromatic nitrogens is 1. The van der Waals surface area contributed by atoms with Crippen LogP contribution in [0.3, 0.4) is 0 Å². The summed E-state index contributed by atoms with van der Waals surface area (Å²) in [6.45, 7) is 7.38. The standard InChI is InChI=1S/C16H19N2/c1-16(2,3)14-6-8-15(9-7-14)18-12-13-5-4-10-17-11-13/h4-6,8-11,18H,12H2,1-3H3. The number of nitrogens with one attached hydrogen (secondary N) is 1. The van der Waals surface area contributed by atoms with E-state index in [1.54, 1.807) is 6.20 Å². The van der Waals surface area contributed by atoms with Gasteiger partial charge in [-0.05, 0) is 40.8 Å². The van der Waals surface area contributed by atoms with Gasteiger partial charge in [-0.25, -0.2) is 0 Å². The average molecular weight is 239 g/mol. The lowest BCUT2D eigenvalue weighted by Gasteiger charge is -2.18. The summed E-state index contributed by atoms with van der Waals surface area (Å²) in [5.74, 6) is 0. The minimum Gasteiger partial charge on any atom is -0.381 e. The van der Waals surface area contributed by atoms with Gasteiger partial charge in [0.15, 0.2) is 0 Å². The minimum atomic E-state index is 0.155. The smallest absolute Gasteiger partial charge is 0.0416 e. The molecule has 1 aromatic carbocycles. The first-order chi connectivity index (χ1) is 8.55. The van der Waals surface area contributed by atoms with Gasteiger partial charge in [0.05, 0.1) is 0 Å². The van der Waals surface area contributed by atoms with Gasteiger partial charge in [-0.1, -0.05) is 32.9 Å². The molecule has 0 fully saturated rings. The van der Waals surface area contributed by atoms with Gasteiger partial charge in [0.25, 0.3) is 0 Å². The summed E-state index contributed by atoms with van der Waals surface area (Å²) in [7, 11) is 0. The van der Waals surface area contributed by atoms with E-state index in [-0.39, 0.29) is 5.41 Å². The third kappa shape index (κ3) is 3.33. The predicted octanol–water partition coefficient (Wildman–Crippen LogP) is 3.79. The molecule has 0 aliphatic carbocycles. The van der Waals surface area contributed by atoms with Crippen molar-refractivity contribution in [2.24, 2.45) is 0 Å². The normalized spacial score (nSPS) is 11.3. The molecule has 1 radical (unpaired) electrons. The van der Waals surface area contributed by atoms with Crippen LogP contribution < -0.4 is 5.32 Å². The van der Waals surface area contributed by atoms with E-state index in [4.69, 9.17) is 0 Å². The molecule has 2 rings (SSSR count). The van der Waals surface area contributed by atoms with Crippen LogP contribution in [0.15, 0.2) is 42.7 Å². The van der Waals surface area contributed by atoms with Gasteiger partial charge in [0.2, 0.25) is 0 Å². The maximum atomic E-state index is 4.10. The summed E-state index contributed by atoms with van der Waals surface area (Å²) in [5.41, 5.74) is 3.65. The molecule has 0 unspecified atom stereocenters. The molecule has 18 heavy (non-hydrogen) atoms. The van der Waals surface area contributed by atoms with Crippen molar-refractivity contribution < 1.29 is 0 Å². The lowest BCUT2D eigenvalue weighted by molar-refractivity contribution is 0.589. The number of pyridine rings is 1. The molecule has 1 N–H and O–H groups in total. The molecule has 2 aromatic rings. The quantitative estimate of drug-likeness (QED) is 0.881. The van der Waals surface area contributed by atoms with E-state index in [1.165, 1.54) is 11.1 Å². The third-order valence-corrected chi connectivity index (χ3v) is 2.84. The highest BCUT2D eigenvalue weighted by molar-refractivity contribution is 5.45. The lowest BCUT2D eigenvalue weighted by Crippen LogP contribution is -2.11. The second kappa shape index (κ2) is 5.21. The Morgan fingerprint density at radius 1 is 1.22 bits per heavy atom. The molecule has 0 atom stereocenters. The van der Waals surface area contributed by atoms with Crippen molar-refractivity contribution in [3.63, 3.8) is 0 Å². The number of hydrogen-bond donors (Lipinski definition) is 1. The Bertz CT molecular complexity index is 481. The van der Waals surface area contributed by atoms with Gasteiger partial charge in [-0.3, -0.25) is 4.98 Å². The summed E-state index contributed by atoms with van der Waals surface area (Å²) in [6.07, 6.45) is 3.66. The summed E-state index contributed by atoms with van der Waals surface area (Å²) < 4.78 is 0. The Morgan fingerprint density at radius 3 is 2.61 bits per heavy atom. The zero-order valence-electron chi connectivity index (χ0n) is 11.2. The maximum absolute atomic E-state index is 4.10. The molecule has 0 amide bonds. The largest absolute Gasteiger partial charge is 0.381 e. The molecule has 0 aliphatic heterocycles. The highest BCUT2D eigenvalue weighted by Crippen LogP contribution is 2.23. The van der Waals surface area contributed by atoms with Crippen LogP contribution >= 0.6 is 0 Å². The summed E-state index contributed by atoms with van der Waals surface area (Å²) in [5, 5.41) is 3.37. The molecular weight excluding hydrogens is 220 g/mol. The van der Waals surface area contributed by atoms with Gasteiger partial charge in [0, 0.05) is 24.6 Å². The van der Waals surface area contributed by atoms with Gasteiger partial charge in [-0.15, -0.1) is 0 Å². The molecule has 0 saturated carbocycles. The number of nitrogens with zero attached hydrogens (tertiary/aromatic N) is 1. The molecule has 1 heterocycles.